The number of pyridine rings is 1. The third-order valence-corrected chi connectivity index (χ3v) is 4.94. The van der Waals surface area contributed by atoms with Crippen molar-refractivity contribution < 1.29 is 15.0 Å². The van der Waals surface area contributed by atoms with E-state index in [9.17, 15) is 4.79 Å². The first-order chi connectivity index (χ1) is 13.2. The maximum atomic E-state index is 13.0. The van der Waals surface area contributed by atoms with Crippen molar-refractivity contribution in [3.05, 3.63) is 42.4 Å². The number of aliphatic hydroxyl groups excluding tert-OH is 2. The summed E-state index contributed by atoms with van der Waals surface area (Å²) in [6, 6.07) is 5.09. The first kappa shape index (κ1) is 19.3. The van der Waals surface area contributed by atoms with Gasteiger partial charge in [0.1, 0.15) is 5.82 Å². The summed E-state index contributed by atoms with van der Waals surface area (Å²) >= 11 is 0. The number of hydrogen-bond donors (Lipinski definition) is 3. The molecule has 146 valence electrons. The summed E-state index contributed by atoms with van der Waals surface area (Å²) in [4.78, 5) is 19.2. The number of aromatic nitrogens is 3. The molecule has 3 N–H and O–H groups in total. The number of aliphatic hydroxyl groups is 2. The van der Waals surface area contributed by atoms with Gasteiger partial charge in [-0.1, -0.05) is 0 Å². The average Bonchev–Trinajstić information content (AvgIpc) is 3.24. The number of amides is 1. The van der Waals surface area contributed by atoms with Crippen LogP contribution in [-0.4, -0.2) is 67.6 Å². The molecule has 0 spiro atoms. The zero-order valence-electron chi connectivity index (χ0n) is 15.4. The molecule has 0 saturated carbocycles. The molecule has 3 rings (SSSR count). The largest absolute Gasteiger partial charge is 0.394 e. The van der Waals surface area contributed by atoms with E-state index < -0.39 is 6.04 Å². The number of rotatable bonds is 8. The number of carbonyl (C=O) groups excluding carboxylic acids is 1. The van der Waals surface area contributed by atoms with Gasteiger partial charge in [-0.15, -0.1) is 0 Å². The maximum Gasteiger partial charge on any atom is 0.255 e. The first-order valence-corrected chi connectivity index (χ1v) is 9.44. The van der Waals surface area contributed by atoms with Crippen LogP contribution in [0.2, 0.25) is 0 Å². The van der Waals surface area contributed by atoms with Gasteiger partial charge in [-0.2, -0.15) is 5.10 Å². The van der Waals surface area contributed by atoms with E-state index in [0.717, 1.165) is 38.8 Å². The van der Waals surface area contributed by atoms with Crippen LogP contribution in [0.25, 0.3) is 0 Å². The van der Waals surface area contributed by atoms with Crippen LogP contribution in [-0.2, 0) is 6.54 Å². The fourth-order valence-corrected chi connectivity index (χ4v) is 3.41. The molecule has 27 heavy (non-hydrogen) atoms. The van der Waals surface area contributed by atoms with Gasteiger partial charge in [-0.05, 0) is 43.9 Å². The lowest BCUT2D eigenvalue weighted by Gasteiger charge is -2.36. The molecule has 8 heteroatoms. The fourth-order valence-electron chi connectivity index (χ4n) is 3.41. The molecule has 0 bridgehead atoms. The molecule has 2 aromatic heterocycles. The first-order valence-electron chi connectivity index (χ1n) is 9.44. The molecular weight excluding hydrogens is 346 g/mol. The Balaban J connectivity index is 1.63. The molecule has 1 amide bonds. The molecule has 1 fully saturated rings. The second kappa shape index (κ2) is 9.48. The molecule has 0 aromatic carbocycles. The van der Waals surface area contributed by atoms with Crippen LogP contribution in [0.5, 0.6) is 0 Å². The van der Waals surface area contributed by atoms with Gasteiger partial charge in [0.15, 0.2) is 0 Å². The van der Waals surface area contributed by atoms with E-state index in [1.165, 1.54) is 0 Å². The SMILES string of the molecule is O=C(c1ccc(NC(CO)CO)nc1)N1CCCCC1CCn1cccn1. The van der Waals surface area contributed by atoms with Crippen molar-refractivity contribution in [1.29, 1.82) is 0 Å². The van der Waals surface area contributed by atoms with Crippen LogP contribution in [0.15, 0.2) is 36.8 Å². The predicted octanol–water partition coefficient (Wildman–Crippen LogP) is 1.13. The molecule has 2 aromatic rings. The Labute approximate surface area is 158 Å². The number of nitrogens with zero attached hydrogens (tertiary/aromatic N) is 4. The number of aryl methyl sites for hydroxylation is 1. The van der Waals surface area contributed by atoms with Gasteiger partial charge < -0.3 is 20.4 Å². The molecule has 3 heterocycles. The zero-order valence-corrected chi connectivity index (χ0v) is 15.4. The number of anilines is 1. The van der Waals surface area contributed by atoms with Crippen molar-refractivity contribution in [2.45, 2.75) is 44.3 Å². The molecule has 1 aliphatic heterocycles. The monoisotopic (exact) mass is 373 g/mol. The van der Waals surface area contributed by atoms with Crippen molar-refractivity contribution in [3.63, 3.8) is 0 Å². The molecular formula is C19H27N5O3. The van der Waals surface area contributed by atoms with E-state index in [4.69, 9.17) is 10.2 Å². The summed E-state index contributed by atoms with van der Waals surface area (Å²) < 4.78 is 1.90. The van der Waals surface area contributed by atoms with Crippen molar-refractivity contribution >= 4 is 11.7 Å². The maximum absolute atomic E-state index is 13.0. The Morgan fingerprint density at radius 3 is 2.81 bits per heavy atom. The molecule has 1 saturated heterocycles. The minimum absolute atomic E-state index is 0.0000756. The third-order valence-electron chi connectivity index (χ3n) is 4.94. The quantitative estimate of drug-likeness (QED) is 0.641. The molecule has 8 nitrogen and oxygen atoms in total. The van der Waals surface area contributed by atoms with Crippen LogP contribution in [0.4, 0.5) is 5.82 Å². The molecule has 1 atom stereocenters. The van der Waals surface area contributed by atoms with Crippen molar-refractivity contribution in [2.75, 3.05) is 25.1 Å². The molecule has 1 unspecified atom stereocenters. The number of nitrogens with one attached hydrogen (secondary N) is 1. The summed E-state index contributed by atoms with van der Waals surface area (Å²) in [5, 5.41) is 25.4. The number of hydrogen-bond acceptors (Lipinski definition) is 6. The fraction of sp³-hybridized carbons (Fsp3) is 0.526. The molecule has 0 aliphatic carbocycles. The lowest BCUT2D eigenvalue weighted by atomic mass is 9.98. The van der Waals surface area contributed by atoms with Crippen LogP contribution >= 0.6 is 0 Å². The molecule has 1 aliphatic rings. The highest BCUT2D eigenvalue weighted by molar-refractivity contribution is 5.94. The lowest BCUT2D eigenvalue weighted by molar-refractivity contribution is 0.0593. The van der Waals surface area contributed by atoms with Gasteiger partial charge >= 0.3 is 0 Å². The zero-order chi connectivity index (χ0) is 19.1. The average molecular weight is 373 g/mol. The lowest BCUT2D eigenvalue weighted by Crippen LogP contribution is -2.44. The van der Waals surface area contributed by atoms with Crippen LogP contribution in [0, 0.1) is 0 Å². The van der Waals surface area contributed by atoms with E-state index in [0.29, 0.717) is 11.4 Å². The van der Waals surface area contributed by atoms with Gasteiger partial charge in [-0.3, -0.25) is 9.48 Å². The topological polar surface area (TPSA) is 104 Å². The van der Waals surface area contributed by atoms with Gasteiger partial charge in [0.05, 0.1) is 24.8 Å². The van der Waals surface area contributed by atoms with E-state index in [-0.39, 0.29) is 25.2 Å². The van der Waals surface area contributed by atoms with Crippen LogP contribution in [0.1, 0.15) is 36.0 Å². The Morgan fingerprint density at radius 2 is 2.15 bits per heavy atom. The Kier molecular flexibility index (Phi) is 6.78. The molecule has 0 radical (unpaired) electrons. The summed E-state index contributed by atoms with van der Waals surface area (Å²) in [5.41, 5.74) is 0.552. The van der Waals surface area contributed by atoms with Gasteiger partial charge in [0.2, 0.25) is 0 Å². The van der Waals surface area contributed by atoms with E-state index in [2.05, 4.69) is 15.4 Å². The standard InChI is InChI=1S/C19H27N5O3/c25-13-16(14-26)22-18-6-5-15(12-20-18)19(27)24-10-2-1-4-17(24)7-11-23-9-3-8-21-23/h3,5-6,8-9,12,16-17,25-26H,1-2,4,7,10-11,13-14H2,(H,20,22). The van der Waals surface area contributed by atoms with Gasteiger partial charge in [-0.25, -0.2) is 4.98 Å². The van der Waals surface area contributed by atoms with E-state index >= 15 is 0 Å². The van der Waals surface area contributed by atoms with E-state index in [1.807, 2.05) is 21.8 Å². The van der Waals surface area contributed by atoms with Gasteiger partial charge in [0, 0.05) is 37.7 Å². The number of likely N-dealkylation sites (tertiary alicyclic amines) is 1. The Morgan fingerprint density at radius 1 is 1.30 bits per heavy atom. The van der Waals surface area contributed by atoms with E-state index in [1.54, 1.807) is 24.5 Å². The normalized spacial score (nSPS) is 17.3. The Hall–Kier alpha value is -2.45. The predicted molar refractivity (Wildman–Crippen MR) is 101 cm³/mol. The highest BCUT2D eigenvalue weighted by Crippen LogP contribution is 2.22. The second-order valence-corrected chi connectivity index (χ2v) is 6.84. The van der Waals surface area contributed by atoms with Crippen molar-refractivity contribution in [2.24, 2.45) is 0 Å². The smallest absolute Gasteiger partial charge is 0.255 e. The van der Waals surface area contributed by atoms with Gasteiger partial charge in [0.25, 0.3) is 5.91 Å². The Bertz CT molecular complexity index is 701. The highest BCUT2D eigenvalue weighted by Gasteiger charge is 2.27. The van der Waals surface area contributed by atoms with Crippen LogP contribution in [0.3, 0.4) is 0 Å². The number of piperidine rings is 1. The summed E-state index contributed by atoms with van der Waals surface area (Å²) in [6.07, 6.45) is 9.31. The minimum Gasteiger partial charge on any atom is -0.394 e. The van der Waals surface area contributed by atoms with Crippen molar-refractivity contribution in [3.8, 4) is 0 Å². The van der Waals surface area contributed by atoms with Crippen molar-refractivity contribution in [1.82, 2.24) is 19.7 Å². The summed E-state index contributed by atoms with van der Waals surface area (Å²) in [6.45, 7) is 1.18. The van der Waals surface area contributed by atoms with Crippen LogP contribution < -0.4 is 5.32 Å². The second-order valence-electron chi connectivity index (χ2n) is 6.84. The summed E-state index contributed by atoms with van der Waals surface area (Å²) in [7, 11) is 0. The third kappa shape index (κ3) is 5.05. The summed E-state index contributed by atoms with van der Waals surface area (Å²) in [5.74, 6) is 0.522. The number of carbonyl (C=O) groups is 1. The highest BCUT2D eigenvalue weighted by atomic mass is 16.3. The minimum atomic E-state index is -0.465.